The van der Waals surface area contributed by atoms with Gasteiger partial charge in [-0.1, -0.05) is 11.6 Å². The van der Waals surface area contributed by atoms with Crippen LogP contribution in [0.25, 0.3) is 10.9 Å². The highest BCUT2D eigenvalue weighted by molar-refractivity contribution is 6.36. The SMILES string of the molecule is O=C(Nc1cc(Cl)c2[nH]ccc2c1O)c1cncc(OCC2CCNCC2)c1. The van der Waals surface area contributed by atoms with Gasteiger partial charge in [-0.25, -0.2) is 0 Å². The van der Waals surface area contributed by atoms with E-state index in [-0.39, 0.29) is 11.4 Å². The lowest BCUT2D eigenvalue weighted by molar-refractivity contribution is 0.102. The maximum atomic E-state index is 12.6. The summed E-state index contributed by atoms with van der Waals surface area (Å²) in [6.45, 7) is 2.62. The minimum absolute atomic E-state index is 0.0414. The first-order chi connectivity index (χ1) is 13.6. The number of halogens is 1. The third-order valence-corrected chi connectivity index (χ3v) is 5.23. The van der Waals surface area contributed by atoms with Crippen molar-refractivity contribution in [3.05, 3.63) is 47.4 Å². The average Bonchev–Trinajstić information content (AvgIpc) is 3.22. The smallest absolute Gasteiger partial charge is 0.257 e. The molecule has 3 heterocycles. The lowest BCUT2D eigenvalue weighted by atomic mass is 9.99. The van der Waals surface area contributed by atoms with Gasteiger partial charge in [0.1, 0.15) is 11.5 Å². The summed E-state index contributed by atoms with van der Waals surface area (Å²) < 4.78 is 5.83. The molecule has 0 unspecified atom stereocenters. The predicted octanol–water partition coefficient (Wildman–Crippen LogP) is 3.55. The number of rotatable bonds is 5. The molecule has 2 aromatic heterocycles. The van der Waals surface area contributed by atoms with Crippen molar-refractivity contribution in [3.63, 3.8) is 0 Å². The maximum Gasteiger partial charge on any atom is 0.257 e. The fraction of sp³-hybridized carbons (Fsp3) is 0.300. The van der Waals surface area contributed by atoms with E-state index < -0.39 is 5.91 Å². The van der Waals surface area contributed by atoms with E-state index in [2.05, 4.69) is 20.6 Å². The Hall–Kier alpha value is -2.77. The van der Waals surface area contributed by atoms with Gasteiger partial charge < -0.3 is 25.5 Å². The minimum atomic E-state index is -0.402. The monoisotopic (exact) mass is 400 g/mol. The summed E-state index contributed by atoms with van der Waals surface area (Å²) in [5.41, 5.74) is 1.20. The average molecular weight is 401 g/mol. The molecule has 146 valence electrons. The molecule has 1 fully saturated rings. The number of hydrogen-bond donors (Lipinski definition) is 4. The highest BCUT2D eigenvalue weighted by Gasteiger charge is 2.17. The summed E-state index contributed by atoms with van der Waals surface area (Å²) in [4.78, 5) is 19.7. The van der Waals surface area contributed by atoms with E-state index in [0.717, 1.165) is 25.9 Å². The number of pyridine rings is 1. The topological polar surface area (TPSA) is 99.3 Å². The molecule has 7 nitrogen and oxygen atoms in total. The van der Waals surface area contributed by atoms with Crippen LogP contribution >= 0.6 is 11.6 Å². The van der Waals surface area contributed by atoms with E-state index in [1.165, 1.54) is 12.3 Å². The van der Waals surface area contributed by atoms with Crippen LogP contribution in [-0.4, -0.2) is 40.7 Å². The van der Waals surface area contributed by atoms with Crippen LogP contribution in [0.15, 0.2) is 36.8 Å². The van der Waals surface area contributed by atoms with Crippen LogP contribution in [-0.2, 0) is 0 Å². The number of hydrogen-bond acceptors (Lipinski definition) is 5. The van der Waals surface area contributed by atoms with E-state index in [1.807, 2.05) is 0 Å². The van der Waals surface area contributed by atoms with Gasteiger partial charge in [0, 0.05) is 17.8 Å². The van der Waals surface area contributed by atoms with Gasteiger partial charge in [0.05, 0.1) is 34.6 Å². The molecular weight excluding hydrogens is 380 g/mol. The van der Waals surface area contributed by atoms with Crippen molar-refractivity contribution in [1.29, 1.82) is 0 Å². The first-order valence-corrected chi connectivity index (χ1v) is 9.58. The molecule has 3 aromatic rings. The number of anilines is 1. The van der Waals surface area contributed by atoms with Gasteiger partial charge >= 0.3 is 0 Å². The number of ether oxygens (including phenoxy) is 1. The molecule has 8 heteroatoms. The zero-order valence-electron chi connectivity index (χ0n) is 15.2. The van der Waals surface area contributed by atoms with Gasteiger partial charge in [-0.3, -0.25) is 9.78 Å². The fourth-order valence-corrected chi connectivity index (χ4v) is 3.62. The number of aromatic nitrogens is 2. The number of phenols is 1. The number of nitrogens with zero attached hydrogens (tertiary/aromatic N) is 1. The second-order valence-corrected chi connectivity index (χ2v) is 7.30. The number of amides is 1. The Kier molecular flexibility index (Phi) is 5.36. The molecule has 0 bridgehead atoms. The zero-order chi connectivity index (χ0) is 19.5. The van der Waals surface area contributed by atoms with Crippen molar-refractivity contribution < 1.29 is 14.6 Å². The molecule has 1 saturated heterocycles. The highest BCUT2D eigenvalue weighted by Crippen LogP contribution is 2.37. The van der Waals surface area contributed by atoms with Crippen LogP contribution in [0.4, 0.5) is 5.69 Å². The second-order valence-electron chi connectivity index (χ2n) is 6.89. The molecule has 1 amide bonds. The van der Waals surface area contributed by atoms with Crippen molar-refractivity contribution in [3.8, 4) is 11.5 Å². The summed E-state index contributed by atoms with van der Waals surface area (Å²) in [6.07, 6.45) is 6.89. The predicted molar refractivity (Wildman–Crippen MR) is 108 cm³/mol. The van der Waals surface area contributed by atoms with Gasteiger partial charge in [0.15, 0.2) is 0 Å². The molecule has 28 heavy (non-hydrogen) atoms. The van der Waals surface area contributed by atoms with Gasteiger partial charge in [-0.2, -0.15) is 0 Å². The van der Waals surface area contributed by atoms with E-state index in [0.29, 0.717) is 39.8 Å². The minimum Gasteiger partial charge on any atom is -0.505 e. The second kappa shape index (κ2) is 8.08. The van der Waals surface area contributed by atoms with Crippen LogP contribution in [0.3, 0.4) is 0 Å². The fourth-order valence-electron chi connectivity index (χ4n) is 3.35. The van der Waals surface area contributed by atoms with Crippen molar-refractivity contribution in [1.82, 2.24) is 15.3 Å². The van der Waals surface area contributed by atoms with Crippen molar-refractivity contribution in [2.75, 3.05) is 25.0 Å². The van der Waals surface area contributed by atoms with Crippen LogP contribution in [0.5, 0.6) is 11.5 Å². The van der Waals surface area contributed by atoms with Crippen LogP contribution in [0, 0.1) is 5.92 Å². The number of aromatic hydroxyl groups is 1. The third-order valence-electron chi connectivity index (χ3n) is 4.94. The normalized spacial score (nSPS) is 14.9. The third kappa shape index (κ3) is 3.90. The zero-order valence-corrected chi connectivity index (χ0v) is 15.9. The molecule has 0 spiro atoms. The van der Waals surface area contributed by atoms with Crippen LogP contribution < -0.4 is 15.4 Å². The summed E-state index contributed by atoms with van der Waals surface area (Å²) in [5, 5.41) is 17.4. The van der Waals surface area contributed by atoms with Crippen LogP contribution in [0.1, 0.15) is 23.2 Å². The quantitative estimate of drug-likeness (QED) is 0.491. The molecule has 1 aromatic carbocycles. The van der Waals surface area contributed by atoms with E-state index in [9.17, 15) is 9.90 Å². The van der Waals surface area contributed by atoms with Crippen LogP contribution in [0.2, 0.25) is 5.02 Å². The Labute approximate surface area is 167 Å². The Morgan fingerprint density at radius 3 is 2.96 bits per heavy atom. The molecule has 1 aliphatic rings. The largest absolute Gasteiger partial charge is 0.505 e. The number of fused-ring (bicyclic) bond motifs is 1. The number of piperidine rings is 1. The van der Waals surface area contributed by atoms with Crippen molar-refractivity contribution in [2.45, 2.75) is 12.8 Å². The Balaban J connectivity index is 1.47. The van der Waals surface area contributed by atoms with Crippen molar-refractivity contribution >= 4 is 34.1 Å². The molecule has 0 saturated carbocycles. The lowest BCUT2D eigenvalue weighted by Crippen LogP contribution is -2.30. The summed E-state index contributed by atoms with van der Waals surface area (Å²) in [6, 6.07) is 4.86. The number of nitrogens with one attached hydrogen (secondary N) is 3. The molecule has 0 aliphatic carbocycles. The van der Waals surface area contributed by atoms with E-state index in [4.69, 9.17) is 16.3 Å². The Morgan fingerprint density at radius 2 is 2.14 bits per heavy atom. The van der Waals surface area contributed by atoms with E-state index in [1.54, 1.807) is 24.5 Å². The standard InChI is InChI=1S/C20H21ClN4O3/c21-16-8-17(19(26)15-3-6-24-18(15)16)25-20(27)13-7-14(10-23-9-13)28-11-12-1-4-22-5-2-12/h3,6-10,12,22,24,26H,1-2,4-5,11H2,(H,25,27). The van der Waals surface area contributed by atoms with Gasteiger partial charge in [0.2, 0.25) is 0 Å². The molecule has 1 aliphatic heterocycles. The molecule has 0 radical (unpaired) electrons. The number of H-pyrrole nitrogens is 1. The number of carbonyl (C=O) groups excluding carboxylic acids is 1. The lowest BCUT2D eigenvalue weighted by Gasteiger charge is -2.22. The molecular formula is C20H21ClN4O3. The maximum absolute atomic E-state index is 12.6. The van der Waals surface area contributed by atoms with Gasteiger partial charge in [-0.15, -0.1) is 0 Å². The highest BCUT2D eigenvalue weighted by atomic mass is 35.5. The Bertz CT molecular complexity index is 998. The summed E-state index contributed by atoms with van der Waals surface area (Å²) >= 11 is 6.21. The number of carbonyl (C=O) groups is 1. The molecule has 4 rings (SSSR count). The molecule has 4 N–H and O–H groups in total. The number of phenolic OH excluding ortho intramolecular Hbond substituents is 1. The summed E-state index contributed by atoms with van der Waals surface area (Å²) in [5.74, 6) is 0.613. The number of benzene rings is 1. The van der Waals surface area contributed by atoms with Crippen molar-refractivity contribution in [2.24, 2.45) is 5.92 Å². The Morgan fingerprint density at radius 1 is 1.32 bits per heavy atom. The first kappa shape index (κ1) is 18.6. The summed E-state index contributed by atoms with van der Waals surface area (Å²) in [7, 11) is 0. The molecule has 0 atom stereocenters. The van der Waals surface area contributed by atoms with Gasteiger partial charge in [-0.05, 0) is 50.0 Å². The van der Waals surface area contributed by atoms with Gasteiger partial charge in [0.25, 0.3) is 5.91 Å². The number of aromatic amines is 1. The first-order valence-electron chi connectivity index (χ1n) is 9.20. The van der Waals surface area contributed by atoms with E-state index >= 15 is 0 Å².